The molecule has 68 valence electrons. The third-order valence-electron chi connectivity index (χ3n) is 1.79. The van der Waals surface area contributed by atoms with Crippen molar-refractivity contribution in [2.24, 2.45) is 0 Å². The minimum atomic E-state index is -1.20. The number of carbonyl (C=O) groups is 1. The number of aromatic carboxylic acids is 1. The Morgan fingerprint density at radius 3 is 3.00 bits per heavy atom. The van der Waals surface area contributed by atoms with Gasteiger partial charge in [-0.05, 0) is 0 Å². The third kappa shape index (κ3) is 1.33. The topological polar surface area (TPSA) is 83.0 Å². The average Bonchev–Trinajstić information content (AvgIpc) is 2.51. The molecule has 0 radical (unpaired) electrons. The molecule has 0 unspecified atom stereocenters. The van der Waals surface area contributed by atoms with Gasteiger partial charge in [0.15, 0.2) is 0 Å². The Morgan fingerprint density at radius 1 is 1.54 bits per heavy atom. The lowest BCUT2D eigenvalue weighted by atomic mass is 10.3. The number of hydrogen-bond donors (Lipinski definition) is 2. The molecule has 0 spiro atoms. The van der Waals surface area contributed by atoms with Gasteiger partial charge in [0.05, 0.1) is 5.69 Å². The first-order chi connectivity index (χ1) is 6.18. The van der Waals surface area contributed by atoms with Gasteiger partial charge in [-0.1, -0.05) is 0 Å². The molecule has 0 saturated heterocycles. The van der Waals surface area contributed by atoms with Crippen molar-refractivity contribution in [1.82, 2.24) is 9.97 Å². The second kappa shape index (κ2) is 2.88. The molecule has 0 saturated carbocycles. The highest BCUT2D eigenvalue weighted by Crippen LogP contribution is 2.24. The molecule has 0 amide bonds. The van der Waals surface area contributed by atoms with E-state index in [0.717, 1.165) is 0 Å². The molecule has 0 fully saturated rings. The van der Waals surface area contributed by atoms with Gasteiger partial charge in [-0.15, -0.1) is 0 Å². The predicted octanol–water partition coefficient (Wildman–Crippen LogP) is 0.215. The maximum absolute atomic E-state index is 11.3. The van der Waals surface area contributed by atoms with Crippen LogP contribution in [0.25, 0.3) is 0 Å². The normalized spacial score (nSPS) is 14.2. The van der Waals surface area contributed by atoms with E-state index in [9.17, 15) is 9.59 Å². The molecule has 0 bridgehead atoms. The standard InChI is InChI=1S/C7H6N2O3S/c10-6-3-1-13-2-4(3)8-5(9-6)7(11)12/h1-2H2,(H,11,12)(H,8,9,10). The Hall–Kier alpha value is -1.30. The molecule has 13 heavy (non-hydrogen) atoms. The largest absolute Gasteiger partial charge is 0.475 e. The van der Waals surface area contributed by atoms with E-state index >= 15 is 0 Å². The summed E-state index contributed by atoms with van der Waals surface area (Å²) in [5, 5.41) is 8.60. The highest BCUT2D eigenvalue weighted by molar-refractivity contribution is 7.98. The molecule has 2 rings (SSSR count). The fourth-order valence-electron chi connectivity index (χ4n) is 1.16. The second-order valence-corrected chi connectivity index (χ2v) is 3.62. The Balaban J connectivity index is 2.62. The number of aromatic nitrogens is 2. The first-order valence-corrected chi connectivity index (χ1v) is 4.77. The van der Waals surface area contributed by atoms with Gasteiger partial charge in [-0.2, -0.15) is 11.8 Å². The SMILES string of the molecule is O=C(O)c1nc2c(c(=O)[nH]1)CSC2. The Labute approximate surface area is 77.2 Å². The van der Waals surface area contributed by atoms with E-state index in [4.69, 9.17) is 5.11 Å². The number of hydrogen-bond acceptors (Lipinski definition) is 4. The van der Waals surface area contributed by atoms with E-state index < -0.39 is 5.97 Å². The molecule has 0 atom stereocenters. The van der Waals surface area contributed by atoms with Gasteiger partial charge in [0.25, 0.3) is 5.56 Å². The number of carboxylic acids is 1. The number of nitrogens with one attached hydrogen (secondary N) is 1. The number of nitrogens with zero attached hydrogens (tertiary/aromatic N) is 1. The van der Waals surface area contributed by atoms with Crippen LogP contribution in [0.2, 0.25) is 0 Å². The molecule has 1 aliphatic heterocycles. The molecule has 5 nitrogen and oxygen atoms in total. The van der Waals surface area contributed by atoms with Gasteiger partial charge in [0.2, 0.25) is 5.82 Å². The van der Waals surface area contributed by atoms with Crippen LogP contribution in [0.4, 0.5) is 0 Å². The molecule has 1 aliphatic rings. The summed E-state index contributed by atoms with van der Waals surface area (Å²) in [5.41, 5.74) is 0.883. The van der Waals surface area contributed by atoms with Crippen molar-refractivity contribution >= 4 is 17.7 Å². The van der Waals surface area contributed by atoms with Crippen molar-refractivity contribution in [2.75, 3.05) is 0 Å². The minimum absolute atomic E-state index is 0.272. The summed E-state index contributed by atoms with van der Waals surface area (Å²) in [6.07, 6.45) is 0. The number of rotatable bonds is 1. The summed E-state index contributed by atoms with van der Waals surface area (Å²) in [6, 6.07) is 0. The number of H-pyrrole nitrogens is 1. The maximum Gasteiger partial charge on any atom is 0.372 e. The second-order valence-electron chi connectivity index (χ2n) is 2.64. The summed E-state index contributed by atoms with van der Waals surface area (Å²) < 4.78 is 0. The van der Waals surface area contributed by atoms with Crippen LogP contribution in [0.15, 0.2) is 4.79 Å². The van der Waals surface area contributed by atoms with E-state index in [-0.39, 0.29) is 11.4 Å². The number of thioether (sulfide) groups is 1. The van der Waals surface area contributed by atoms with Crippen LogP contribution >= 0.6 is 11.8 Å². The summed E-state index contributed by atoms with van der Waals surface area (Å²) in [6.45, 7) is 0. The summed E-state index contributed by atoms with van der Waals surface area (Å²) in [5.74, 6) is -0.222. The highest BCUT2D eigenvalue weighted by Gasteiger charge is 2.19. The lowest BCUT2D eigenvalue weighted by Gasteiger charge is -1.97. The van der Waals surface area contributed by atoms with Crippen molar-refractivity contribution in [1.29, 1.82) is 0 Å². The molecule has 0 aromatic carbocycles. The Bertz CT molecular complexity index is 426. The van der Waals surface area contributed by atoms with E-state index in [2.05, 4.69) is 9.97 Å². The van der Waals surface area contributed by atoms with Crippen LogP contribution in [0, 0.1) is 0 Å². The van der Waals surface area contributed by atoms with E-state index in [1.807, 2.05) is 0 Å². The van der Waals surface area contributed by atoms with E-state index in [1.165, 1.54) is 0 Å². The van der Waals surface area contributed by atoms with Crippen LogP contribution in [-0.2, 0) is 11.5 Å². The first kappa shape index (κ1) is 8.31. The maximum atomic E-state index is 11.3. The monoisotopic (exact) mass is 198 g/mol. The lowest BCUT2D eigenvalue weighted by Crippen LogP contribution is -2.19. The molecule has 0 aliphatic carbocycles. The van der Waals surface area contributed by atoms with Crippen LogP contribution in [0.1, 0.15) is 21.9 Å². The average molecular weight is 198 g/mol. The molecular formula is C7H6N2O3S. The van der Waals surface area contributed by atoms with Crippen molar-refractivity contribution in [3.8, 4) is 0 Å². The summed E-state index contributed by atoms with van der Waals surface area (Å²) in [4.78, 5) is 27.8. The predicted molar refractivity (Wildman–Crippen MR) is 46.8 cm³/mol. The van der Waals surface area contributed by atoms with Crippen LogP contribution in [-0.4, -0.2) is 21.0 Å². The van der Waals surface area contributed by atoms with Crippen molar-refractivity contribution in [3.63, 3.8) is 0 Å². The van der Waals surface area contributed by atoms with Crippen LogP contribution in [0.5, 0.6) is 0 Å². The zero-order valence-electron chi connectivity index (χ0n) is 6.53. The quantitative estimate of drug-likeness (QED) is 0.674. The van der Waals surface area contributed by atoms with E-state index in [1.54, 1.807) is 11.8 Å². The van der Waals surface area contributed by atoms with Gasteiger partial charge in [0, 0.05) is 17.1 Å². The summed E-state index contributed by atoms with van der Waals surface area (Å²) in [7, 11) is 0. The smallest absolute Gasteiger partial charge is 0.372 e. The van der Waals surface area contributed by atoms with Gasteiger partial charge in [0.1, 0.15) is 0 Å². The van der Waals surface area contributed by atoms with E-state index in [0.29, 0.717) is 22.8 Å². The molecule has 2 heterocycles. The zero-order valence-corrected chi connectivity index (χ0v) is 7.35. The van der Waals surface area contributed by atoms with Gasteiger partial charge >= 0.3 is 5.97 Å². The minimum Gasteiger partial charge on any atom is -0.475 e. The van der Waals surface area contributed by atoms with Crippen molar-refractivity contribution in [3.05, 3.63) is 27.4 Å². The summed E-state index contributed by atoms with van der Waals surface area (Å²) >= 11 is 1.56. The highest BCUT2D eigenvalue weighted by atomic mass is 32.2. The Kier molecular flexibility index (Phi) is 1.84. The molecular weight excluding hydrogens is 192 g/mol. The van der Waals surface area contributed by atoms with Crippen LogP contribution < -0.4 is 5.56 Å². The molecule has 1 aromatic heterocycles. The third-order valence-corrected chi connectivity index (χ3v) is 2.76. The first-order valence-electron chi connectivity index (χ1n) is 3.61. The van der Waals surface area contributed by atoms with Gasteiger partial charge < -0.3 is 10.1 Å². The van der Waals surface area contributed by atoms with Crippen molar-refractivity contribution in [2.45, 2.75) is 11.5 Å². The lowest BCUT2D eigenvalue weighted by molar-refractivity contribution is 0.0682. The Morgan fingerprint density at radius 2 is 2.31 bits per heavy atom. The zero-order chi connectivity index (χ0) is 9.42. The van der Waals surface area contributed by atoms with Crippen LogP contribution in [0.3, 0.4) is 0 Å². The molecule has 2 N–H and O–H groups in total. The van der Waals surface area contributed by atoms with Crippen molar-refractivity contribution < 1.29 is 9.90 Å². The molecule has 1 aromatic rings. The molecule has 6 heteroatoms. The number of carboxylic acid groups (broad SMARTS) is 1. The van der Waals surface area contributed by atoms with Gasteiger partial charge in [-0.25, -0.2) is 9.78 Å². The number of fused-ring (bicyclic) bond motifs is 1. The fraction of sp³-hybridized carbons (Fsp3) is 0.286. The number of aromatic amines is 1. The fourth-order valence-corrected chi connectivity index (χ4v) is 2.20. The van der Waals surface area contributed by atoms with Gasteiger partial charge in [-0.3, -0.25) is 4.79 Å².